The minimum Gasteiger partial charge on any atom is -0.469 e. The molecule has 0 bridgehead atoms. The maximum absolute atomic E-state index is 11.9. The second kappa shape index (κ2) is 6.04. The summed E-state index contributed by atoms with van der Waals surface area (Å²) in [5.41, 5.74) is 0.522. The number of ether oxygens (including phenoxy) is 1. The van der Waals surface area contributed by atoms with Gasteiger partial charge in [-0.2, -0.15) is 0 Å². The lowest BCUT2D eigenvalue weighted by molar-refractivity contribution is -0.145. The van der Waals surface area contributed by atoms with Gasteiger partial charge in [-0.1, -0.05) is 6.92 Å². The fourth-order valence-electron chi connectivity index (χ4n) is 1.47. The van der Waals surface area contributed by atoms with Crippen molar-refractivity contribution < 1.29 is 14.3 Å². The van der Waals surface area contributed by atoms with Crippen LogP contribution in [0.25, 0.3) is 0 Å². The molecule has 1 amide bonds. The zero-order valence-electron chi connectivity index (χ0n) is 9.99. The van der Waals surface area contributed by atoms with Crippen LogP contribution < -0.4 is 0 Å². The normalized spacial score (nSPS) is 12.0. The molecule has 1 aromatic heterocycles. The van der Waals surface area contributed by atoms with E-state index >= 15 is 0 Å². The van der Waals surface area contributed by atoms with Crippen molar-refractivity contribution >= 4 is 34.5 Å². The lowest BCUT2D eigenvalue weighted by Gasteiger charge is -2.19. The number of esters is 1. The van der Waals surface area contributed by atoms with Crippen molar-refractivity contribution in [2.75, 3.05) is 20.7 Å². The van der Waals surface area contributed by atoms with Gasteiger partial charge in [-0.05, 0) is 28.7 Å². The van der Waals surface area contributed by atoms with Crippen LogP contribution in [0.3, 0.4) is 0 Å². The third-order valence-corrected chi connectivity index (χ3v) is 3.00. The van der Waals surface area contributed by atoms with Crippen molar-refractivity contribution in [3.63, 3.8) is 0 Å². The summed E-state index contributed by atoms with van der Waals surface area (Å²) in [7, 11) is 3.00. The van der Waals surface area contributed by atoms with Gasteiger partial charge in [0.2, 0.25) is 0 Å². The summed E-state index contributed by atoms with van der Waals surface area (Å²) < 4.78 is 5.59. The van der Waals surface area contributed by atoms with Gasteiger partial charge in [0.1, 0.15) is 5.69 Å². The molecule has 6 heteroatoms. The summed E-state index contributed by atoms with van der Waals surface area (Å²) in [4.78, 5) is 27.6. The third-order valence-electron chi connectivity index (χ3n) is 2.38. The van der Waals surface area contributed by atoms with Crippen LogP contribution >= 0.6 is 22.6 Å². The summed E-state index contributed by atoms with van der Waals surface area (Å²) in [5, 5.41) is 0. The van der Waals surface area contributed by atoms with Gasteiger partial charge in [0.15, 0.2) is 0 Å². The minimum atomic E-state index is -0.331. The lowest BCUT2D eigenvalue weighted by atomic mass is 10.1. The highest BCUT2D eigenvalue weighted by atomic mass is 127. The van der Waals surface area contributed by atoms with Crippen LogP contribution in [0.15, 0.2) is 12.3 Å². The Kier molecular flexibility index (Phi) is 4.98. The molecule has 0 aliphatic carbocycles. The van der Waals surface area contributed by atoms with Gasteiger partial charge in [0.05, 0.1) is 13.0 Å². The number of hydrogen-bond donors (Lipinski definition) is 1. The van der Waals surface area contributed by atoms with Gasteiger partial charge >= 0.3 is 5.97 Å². The van der Waals surface area contributed by atoms with Crippen LogP contribution in [0.5, 0.6) is 0 Å². The predicted molar refractivity (Wildman–Crippen MR) is 71.7 cm³/mol. The van der Waals surface area contributed by atoms with E-state index in [1.165, 1.54) is 12.0 Å². The first-order chi connectivity index (χ1) is 7.95. The summed E-state index contributed by atoms with van der Waals surface area (Å²) in [6.07, 6.45) is 1.76. The van der Waals surface area contributed by atoms with Crippen molar-refractivity contribution in [3.05, 3.63) is 21.5 Å². The van der Waals surface area contributed by atoms with Crippen LogP contribution in [-0.2, 0) is 9.53 Å². The SMILES string of the molecule is COC(=O)C(C)CN(C)C(=O)c1cc(I)c[nH]1. The second-order valence-corrected chi connectivity index (χ2v) is 5.09. The Bertz CT molecular complexity index is 417. The van der Waals surface area contributed by atoms with E-state index in [-0.39, 0.29) is 17.8 Å². The van der Waals surface area contributed by atoms with E-state index < -0.39 is 0 Å². The van der Waals surface area contributed by atoms with Crippen LogP contribution in [-0.4, -0.2) is 42.5 Å². The van der Waals surface area contributed by atoms with Crippen molar-refractivity contribution in [3.8, 4) is 0 Å². The highest BCUT2D eigenvalue weighted by Gasteiger charge is 2.20. The standard InChI is InChI=1S/C11H15IN2O3/c1-7(11(16)17-3)6-14(2)10(15)9-4-8(12)5-13-9/h4-5,7,13H,6H2,1-3H3. The molecule has 0 fully saturated rings. The van der Waals surface area contributed by atoms with E-state index in [9.17, 15) is 9.59 Å². The number of rotatable bonds is 4. The second-order valence-electron chi connectivity index (χ2n) is 3.84. The Morgan fingerprint density at radius 3 is 2.71 bits per heavy atom. The number of methoxy groups -OCH3 is 1. The van der Waals surface area contributed by atoms with Gasteiger partial charge < -0.3 is 14.6 Å². The zero-order chi connectivity index (χ0) is 13.0. The zero-order valence-corrected chi connectivity index (χ0v) is 12.1. The van der Waals surface area contributed by atoms with Crippen LogP contribution in [0.2, 0.25) is 0 Å². The highest BCUT2D eigenvalue weighted by molar-refractivity contribution is 14.1. The molecular weight excluding hydrogens is 335 g/mol. The molecule has 5 nitrogen and oxygen atoms in total. The Balaban J connectivity index is 2.62. The molecule has 0 saturated heterocycles. The Labute approximate surface area is 114 Å². The number of hydrogen-bond acceptors (Lipinski definition) is 3. The topological polar surface area (TPSA) is 62.4 Å². The molecule has 0 aliphatic rings. The molecule has 17 heavy (non-hydrogen) atoms. The maximum atomic E-state index is 11.9. The molecule has 1 unspecified atom stereocenters. The Morgan fingerprint density at radius 2 is 2.24 bits per heavy atom. The molecule has 0 aliphatic heterocycles. The van der Waals surface area contributed by atoms with E-state index in [1.807, 2.05) is 0 Å². The van der Waals surface area contributed by atoms with Gasteiger partial charge in [-0.25, -0.2) is 0 Å². The van der Waals surface area contributed by atoms with E-state index in [1.54, 1.807) is 26.2 Å². The first kappa shape index (κ1) is 14.0. The first-order valence-corrected chi connectivity index (χ1v) is 6.20. The summed E-state index contributed by atoms with van der Waals surface area (Å²) >= 11 is 2.12. The monoisotopic (exact) mass is 350 g/mol. The molecule has 0 aromatic carbocycles. The van der Waals surface area contributed by atoms with E-state index in [0.29, 0.717) is 12.2 Å². The van der Waals surface area contributed by atoms with Gasteiger partial charge in [0.25, 0.3) is 5.91 Å². The van der Waals surface area contributed by atoms with Crippen LogP contribution in [0.4, 0.5) is 0 Å². The van der Waals surface area contributed by atoms with Gasteiger partial charge in [0, 0.05) is 23.4 Å². The number of aromatic nitrogens is 1. The number of amides is 1. The average Bonchev–Trinajstić information content (AvgIpc) is 2.73. The smallest absolute Gasteiger partial charge is 0.310 e. The number of nitrogens with zero attached hydrogens (tertiary/aromatic N) is 1. The van der Waals surface area contributed by atoms with Crippen molar-refractivity contribution in [2.24, 2.45) is 5.92 Å². The molecule has 1 heterocycles. The molecule has 1 aromatic rings. The largest absolute Gasteiger partial charge is 0.469 e. The fourth-order valence-corrected chi connectivity index (χ4v) is 1.93. The quantitative estimate of drug-likeness (QED) is 0.661. The average molecular weight is 350 g/mol. The predicted octanol–water partition coefficient (Wildman–Crippen LogP) is 1.50. The number of aromatic amines is 1. The maximum Gasteiger partial charge on any atom is 0.310 e. The van der Waals surface area contributed by atoms with Crippen molar-refractivity contribution in [1.82, 2.24) is 9.88 Å². The number of carbonyl (C=O) groups is 2. The molecule has 94 valence electrons. The van der Waals surface area contributed by atoms with E-state index in [4.69, 9.17) is 0 Å². The number of carbonyl (C=O) groups excluding carboxylic acids is 2. The molecule has 0 saturated carbocycles. The van der Waals surface area contributed by atoms with Crippen LogP contribution in [0.1, 0.15) is 17.4 Å². The molecule has 1 rings (SSSR count). The molecule has 0 spiro atoms. The highest BCUT2D eigenvalue weighted by Crippen LogP contribution is 2.09. The molecular formula is C11H15IN2O3. The summed E-state index contributed by atoms with van der Waals surface area (Å²) in [6, 6.07) is 1.77. The van der Waals surface area contributed by atoms with E-state index in [0.717, 1.165) is 3.57 Å². The number of halogens is 1. The lowest BCUT2D eigenvalue weighted by Crippen LogP contribution is -2.34. The summed E-state index contributed by atoms with van der Waals surface area (Å²) in [5.74, 6) is -0.780. The molecule has 1 atom stereocenters. The third kappa shape index (κ3) is 3.72. The van der Waals surface area contributed by atoms with Gasteiger partial charge in [-0.15, -0.1) is 0 Å². The fraction of sp³-hybridized carbons (Fsp3) is 0.455. The van der Waals surface area contributed by atoms with E-state index in [2.05, 4.69) is 32.3 Å². The van der Waals surface area contributed by atoms with Gasteiger partial charge in [-0.3, -0.25) is 9.59 Å². The first-order valence-electron chi connectivity index (χ1n) is 5.13. The number of nitrogens with one attached hydrogen (secondary N) is 1. The van der Waals surface area contributed by atoms with Crippen LogP contribution in [0, 0.1) is 9.49 Å². The molecule has 1 N–H and O–H groups in total. The van der Waals surface area contributed by atoms with Crippen molar-refractivity contribution in [2.45, 2.75) is 6.92 Å². The minimum absolute atomic E-state index is 0.135. The number of H-pyrrole nitrogens is 1. The molecule has 0 radical (unpaired) electrons. The Morgan fingerprint density at radius 1 is 1.59 bits per heavy atom. The Hall–Kier alpha value is -1.05. The van der Waals surface area contributed by atoms with Crippen molar-refractivity contribution in [1.29, 1.82) is 0 Å². The summed E-state index contributed by atoms with van der Waals surface area (Å²) in [6.45, 7) is 2.06.